The van der Waals surface area contributed by atoms with E-state index in [2.05, 4.69) is 5.10 Å². The van der Waals surface area contributed by atoms with E-state index in [4.69, 9.17) is 0 Å². The standard InChI is InChI=1S/C21H23FN4O3S/c1-24-21(27)26(19-10-3-2-4-11-19)20(23-24)17-8-6-12-25(14-17)30(28,29)15-16-7-5-9-18(22)13-16/h2-5,7,9-11,13,17H,6,8,12,14-15H2,1H3/t17-/m0/s1. The van der Waals surface area contributed by atoms with Gasteiger partial charge in [-0.05, 0) is 42.7 Å². The van der Waals surface area contributed by atoms with Gasteiger partial charge in [0, 0.05) is 26.1 Å². The van der Waals surface area contributed by atoms with E-state index in [-0.39, 0.29) is 23.9 Å². The van der Waals surface area contributed by atoms with Crippen LogP contribution in [0.5, 0.6) is 0 Å². The van der Waals surface area contributed by atoms with Crippen LogP contribution in [0.25, 0.3) is 5.69 Å². The minimum atomic E-state index is -3.63. The van der Waals surface area contributed by atoms with E-state index >= 15 is 0 Å². The lowest BCUT2D eigenvalue weighted by molar-refractivity contribution is 0.306. The summed E-state index contributed by atoms with van der Waals surface area (Å²) in [5.74, 6) is -0.375. The van der Waals surface area contributed by atoms with Gasteiger partial charge < -0.3 is 0 Å². The van der Waals surface area contributed by atoms with Gasteiger partial charge in [-0.25, -0.2) is 31.2 Å². The third-order valence-corrected chi connectivity index (χ3v) is 7.16. The molecule has 0 radical (unpaired) electrons. The summed E-state index contributed by atoms with van der Waals surface area (Å²) in [6.45, 7) is 0.636. The summed E-state index contributed by atoms with van der Waals surface area (Å²) < 4.78 is 43.7. The summed E-state index contributed by atoms with van der Waals surface area (Å²) in [6.07, 6.45) is 1.39. The second-order valence-corrected chi connectivity index (χ2v) is 9.49. The fourth-order valence-electron chi connectivity index (χ4n) is 3.90. The Morgan fingerprint density at radius 3 is 2.63 bits per heavy atom. The van der Waals surface area contributed by atoms with E-state index in [0.717, 1.165) is 6.42 Å². The van der Waals surface area contributed by atoms with Gasteiger partial charge in [0.1, 0.15) is 11.6 Å². The highest BCUT2D eigenvalue weighted by Gasteiger charge is 2.33. The molecule has 9 heteroatoms. The summed E-state index contributed by atoms with van der Waals surface area (Å²) >= 11 is 0. The molecule has 1 aliphatic heterocycles. The first-order chi connectivity index (χ1) is 14.3. The number of aromatic nitrogens is 3. The summed E-state index contributed by atoms with van der Waals surface area (Å²) in [5.41, 5.74) is 0.845. The third kappa shape index (κ3) is 4.08. The Morgan fingerprint density at radius 2 is 1.90 bits per heavy atom. The molecule has 3 aromatic rings. The SMILES string of the molecule is Cn1nc([C@H]2CCCN(S(=O)(=O)Cc3cccc(F)c3)C2)n(-c2ccccc2)c1=O. The second-order valence-electron chi connectivity index (χ2n) is 7.52. The molecule has 1 atom stereocenters. The zero-order valence-electron chi connectivity index (χ0n) is 16.6. The Balaban J connectivity index is 1.62. The highest BCUT2D eigenvalue weighted by Crippen LogP contribution is 2.29. The predicted molar refractivity (Wildman–Crippen MR) is 111 cm³/mol. The molecule has 1 fully saturated rings. The molecular formula is C21H23FN4O3S. The molecule has 1 aromatic heterocycles. The summed E-state index contributed by atoms with van der Waals surface area (Å²) in [6, 6.07) is 14.8. The first-order valence-corrected chi connectivity index (χ1v) is 11.4. The number of hydrogen-bond acceptors (Lipinski definition) is 4. The van der Waals surface area contributed by atoms with E-state index < -0.39 is 15.8 Å². The zero-order chi connectivity index (χ0) is 21.3. The molecule has 158 valence electrons. The Kier molecular flexibility index (Phi) is 5.57. The van der Waals surface area contributed by atoms with Gasteiger partial charge in [-0.15, -0.1) is 0 Å². The van der Waals surface area contributed by atoms with E-state index in [9.17, 15) is 17.6 Å². The topological polar surface area (TPSA) is 77.2 Å². The lowest BCUT2D eigenvalue weighted by atomic mass is 9.98. The number of aryl methyl sites for hydroxylation is 1. The molecule has 2 heterocycles. The van der Waals surface area contributed by atoms with Crippen LogP contribution >= 0.6 is 0 Å². The number of hydrogen-bond donors (Lipinski definition) is 0. The van der Waals surface area contributed by atoms with Crippen molar-refractivity contribution in [2.24, 2.45) is 7.05 Å². The molecule has 0 bridgehead atoms. The van der Waals surface area contributed by atoms with Crippen molar-refractivity contribution in [2.45, 2.75) is 24.5 Å². The summed E-state index contributed by atoms with van der Waals surface area (Å²) in [4.78, 5) is 12.7. The van der Waals surface area contributed by atoms with Gasteiger partial charge in [0.05, 0.1) is 11.4 Å². The van der Waals surface area contributed by atoms with Crippen molar-refractivity contribution in [2.75, 3.05) is 13.1 Å². The van der Waals surface area contributed by atoms with Crippen molar-refractivity contribution in [1.82, 2.24) is 18.7 Å². The number of nitrogens with zero attached hydrogens (tertiary/aromatic N) is 4. The smallest absolute Gasteiger partial charge is 0.247 e. The van der Waals surface area contributed by atoms with Crippen LogP contribution in [0.1, 0.15) is 30.1 Å². The molecule has 2 aromatic carbocycles. The number of halogens is 1. The van der Waals surface area contributed by atoms with Gasteiger partial charge in [0.25, 0.3) is 0 Å². The van der Waals surface area contributed by atoms with Crippen molar-refractivity contribution < 1.29 is 12.8 Å². The monoisotopic (exact) mass is 430 g/mol. The third-order valence-electron chi connectivity index (χ3n) is 5.34. The molecule has 0 amide bonds. The van der Waals surface area contributed by atoms with Crippen LogP contribution < -0.4 is 5.69 Å². The maximum Gasteiger partial charge on any atom is 0.350 e. The molecule has 0 spiro atoms. The lowest BCUT2D eigenvalue weighted by Crippen LogP contribution is -2.40. The van der Waals surface area contributed by atoms with Gasteiger partial charge in [0.2, 0.25) is 10.0 Å². The Bertz CT molecular complexity index is 1200. The zero-order valence-corrected chi connectivity index (χ0v) is 17.4. The fraction of sp³-hybridized carbons (Fsp3) is 0.333. The molecule has 0 saturated carbocycles. The number of piperidine rings is 1. The van der Waals surface area contributed by atoms with E-state index in [0.29, 0.717) is 30.0 Å². The minimum absolute atomic E-state index is 0.213. The molecule has 0 aliphatic carbocycles. The number of sulfonamides is 1. The predicted octanol–water partition coefficient (Wildman–Crippen LogP) is 2.42. The van der Waals surface area contributed by atoms with Crippen LogP contribution in [0, 0.1) is 5.82 Å². The summed E-state index contributed by atoms with van der Waals surface area (Å²) in [5, 5.41) is 4.42. The van der Waals surface area contributed by atoms with Crippen molar-refractivity contribution >= 4 is 10.0 Å². The van der Waals surface area contributed by atoms with Crippen molar-refractivity contribution in [3.8, 4) is 5.69 Å². The summed E-state index contributed by atoms with van der Waals surface area (Å²) in [7, 11) is -2.04. The Labute approximate surface area is 174 Å². The van der Waals surface area contributed by atoms with Gasteiger partial charge in [-0.2, -0.15) is 5.10 Å². The lowest BCUT2D eigenvalue weighted by Gasteiger charge is -2.31. The number of rotatable bonds is 5. The van der Waals surface area contributed by atoms with Gasteiger partial charge >= 0.3 is 5.69 Å². The molecule has 0 N–H and O–H groups in total. The fourth-order valence-corrected chi connectivity index (χ4v) is 5.50. The van der Waals surface area contributed by atoms with Gasteiger partial charge in [-0.1, -0.05) is 30.3 Å². The van der Waals surface area contributed by atoms with Crippen molar-refractivity contribution in [3.05, 3.63) is 82.3 Å². The number of para-hydroxylation sites is 1. The quantitative estimate of drug-likeness (QED) is 0.623. The van der Waals surface area contributed by atoms with Crippen LogP contribution in [0.4, 0.5) is 4.39 Å². The first kappa shape index (κ1) is 20.5. The average molecular weight is 431 g/mol. The normalized spacial score (nSPS) is 17.9. The van der Waals surface area contributed by atoms with Gasteiger partial charge in [-0.3, -0.25) is 0 Å². The number of benzene rings is 2. The molecule has 7 nitrogen and oxygen atoms in total. The highest BCUT2D eigenvalue weighted by molar-refractivity contribution is 7.88. The maximum atomic E-state index is 13.5. The van der Waals surface area contributed by atoms with E-state index in [1.807, 2.05) is 30.3 Å². The van der Waals surface area contributed by atoms with E-state index in [1.54, 1.807) is 17.7 Å². The molecule has 4 rings (SSSR count). The highest BCUT2D eigenvalue weighted by atomic mass is 32.2. The molecule has 1 saturated heterocycles. The average Bonchev–Trinajstić information content (AvgIpc) is 3.03. The van der Waals surface area contributed by atoms with Gasteiger partial charge in [0.15, 0.2) is 0 Å². The maximum absolute atomic E-state index is 13.5. The van der Waals surface area contributed by atoms with E-state index in [1.165, 1.54) is 27.2 Å². The van der Waals surface area contributed by atoms with Crippen molar-refractivity contribution in [1.29, 1.82) is 0 Å². The molecule has 1 aliphatic rings. The Morgan fingerprint density at radius 1 is 1.13 bits per heavy atom. The molecular weight excluding hydrogens is 407 g/mol. The first-order valence-electron chi connectivity index (χ1n) is 9.79. The second kappa shape index (κ2) is 8.16. The molecule has 0 unspecified atom stereocenters. The van der Waals surface area contributed by atoms with Crippen LogP contribution in [0.2, 0.25) is 0 Å². The molecule has 30 heavy (non-hydrogen) atoms. The van der Waals surface area contributed by atoms with Crippen molar-refractivity contribution in [3.63, 3.8) is 0 Å². The minimum Gasteiger partial charge on any atom is -0.247 e. The van der Waals surface area contributed by atoms with Crippen LogP contribution in [0.3, 0.4) is 0 Å². The Hall–Kier alpha value is -2.78. The van der Waals surface area contributed by atoms with Crippen LogP contribution in [-0.4, -0.2) is 40.2 Å². The van der Waals surface area contributed by atoms with Crippen LogP contribution in [0.15, 0.2) is 59.4 Å². The largest absolute Gasteiger partial charge is 0.350 e. The van der Waals surface area contributed by atoms with Crippen LogP contribution in [-0.2, 0) is 22.8 Å².